The minimum absolute atomic E-state index is 0.0582. The van der Waals surface area contributed by atoms with E-state index in [9.17, 15) is 13.2 Å². The van der Waals surface area contributed by atoms with Gasteiger partial charge in [0.05, 0.1) is 7.11 Å². The molecule has 2 aromatic carbocycles. The number of carbonyl (C=O) groups is 1. The molecule has 0 unspecified atom stereocenters. The maximum absolute atomic E-state index is 12.5. The molecule has 0 saturated carbocycles. The van der Waals surface area contributed by atoms with Gasteiger partial charge in [-0.1, -0.05) is 30.3 Å². The second-order valence-corrected chi connectivity index (χ2v) is 8.77. The number of likely N-dealkylation sites (N-methyl/N-ethyl adjacent to an activating group) is 1. The number of sulfonamides is 1. The van der Waals surface area contributed by atoms with Crippen molar-refractivity contribution in [1.82, 2.24) is 9.21 Å². The van der Waals surface area contributed by atoms with E-state index in [1.54, 1.807) is 30.2 Å². The van der Waals surface area contributed by atoms with Crippen LogP contribution in [-0.2, 0) is 21.4 Å². The van der Waals surface area contributed by atoms with Crippen molar-refractivity contribution in [2.45, 2.75) is 18.4 Å². The van der Waals surface area contributed by atoms with Gasteiger partial charge in [-0.05, 0) is 41.8 Å². The molecule has 28 heavy (non-hydrogen) atoms. The van der Waals surface area contributed by atoms with E-state index in [4.69, 9.17) is 4.74 Å². The lowest BCUT2D eigenvalue weighted by Gasteiger charge is -2.17. The first-order valence-corrected chi connectivity index (χ1v) is 10.2. The second-order valence-electron chi connectivity index (χ2n) is 6.65. The number of nitrogens with zero attached hydrogens (tertiary/aromatic N) is 2. The molecule has 2 rings (SSSR count). The Bertz CT molecular complexity index is 982. The molecule has 6 nitrogen and oxygen atoms in total. The number of carbonyl (C=O) groups excluding carboxylic acids is 1. The van der Waals surface area contributed by atoms with Crippen LogP contribution in [0, 0.1) is 6.92 Å². The summed E-state index contributed by atoms with van der Waals surface area (Å²) in [7, 11) is 2.41. The van der Waals surface area contributed by atoms with Crippen LogP contribution in [-0.4, -0.2) is 51.8 Å². The summed E-state index contributed by atoms with van der Waals surface area (Å²) in [5.41, 5.74) is 2.80. The first-order chi connectivity index (χ1) is 13.2. The van der Waals surface area contributed by atoms with Crippen molar-refractivity contribution in [3.63, 3.8) is 0 Å². The van der Waals surface area contributed by atoms with Gasteiger partial charge in [-0.3, -0.25) is 4.79 Å². The number of amides is 1. The Hall–Kier alpha value is -2.64. The van der Waals surface area contributed by atoms with Crippen molar-refractivity contribution < 1.29 is 17.9 Å². The van der Waals surface area contributed by atoms with E-state index >= 15 is 0 Å². The third kappa shape index (κ3) is 4.99. The summed E-state index contributed by atoms with van der Waals surface area (Å²) in [5.74, 6) is 0.0879. The molecule has 0 bridgehead atoms. The highest BCUT2D eigenvalue weighted by Crippen LogP contribution is 2.27. The van der Waals surface area contributed by atoms with Crippen molar-refractivity contribution in [1.29, 1.82) is 0 Å². The van der Waals surface area contributed by atoms with E-state index in [1.165, 1.54) is 33.3 Å². The van der Waals surface area contributed by atoms with Crippen LogP contribution in [0.5, 0.6) is 5.75 Å². The monoisotopic (exact) mass is 402 g/mol. The molecule has 7 heteroatoms. The lowest BCUT2D eigenvalue weighted by Crippen LogP contribution is -2.24. The van der Waals surface area contributed by atoms with Gasteiger partial charge in [-0.2, -0.15) is 0 Å². The molecule has 0 aliphatic rings. The van der Waals surface area contributed by atoms with Gasteiger partial charge >= 0.3 is 0 Å². The third-order valence-electron chi connectivity index (χ3n) is 4.41. The van der Waals surface area contributed by atoms with Gasteiger partial charge in [0.25, 0.3) is 0 Å². The van der Waals surface area contributed by atoms with Crippen molar-refractivity contribution in [3.8, 4) is 5.75 Å². The van der Waals surface area contributed by atoms with Crippen molar-refractivity contribution in [2.24, 2.45) is 0 Å². The summed E-state index contributed by atoms with van der Waals surface area (Å²) in [6, 6.07) is 12.7. The summed E-state index contributed by atoms with van der Waals surface area (Å²) in [6.45, 7) is 2.51. The molecular formula is C21H26N2O4S. The quantitative estimate of drug-likeness (QED) is 0.668. The molecule has 1 amide bonds. The summed E-state index contributed by atoms with van der Waals surface area (Å²) in [5, 5.41) is 0. The van der Waals surface area contributed by atoms with Gasteiger partial charge in [0.15, 0.2) is 0 Å². The molecule has 0 N–H and O–H groups in total. The van der Waals surface area contributed by atoms with Gasteiger partial charge in [0.1, 0.15) is 10.6 Å². The maximum Gasteiger partial charge on any atom is 0.246 e. The second kappa shape index (κ2) is 9.03. The fourth-order valence-corrected chi connectivity index (χ4v) is 3.69. The predicted octanol–water partition coefficient (Wildman–Crippen LogP) is 2.93. The average molecular weight is 403 g/mol. The molecule has 0 spiro atoms. The average Bonchev–Trinajstić information content (AvgIpc) is 2.67. The topological polar surface area (TPSA) is 66.9 Å². The van der Waals surface area contributed by atoms with E-state index in [0.29, 0.717) is 12.1 Å². The lowest BCUT2D eigenvalue weighted by atomic mass is 10.1. The van der Waals surface area contributed by atoms with Crippen molar-refractivity contribution in [2.75, 3.05) is 28.3 Å². The van der Waals surface area contributed by atoms with E-state index in [0.717, 1.165) is 15.4 Å². The fraction of sp³-hybridized carbons (Fsp3) is 0.286. The molecule has 0 aromatic heterocycles. The number of aryl methyl sites for hydroxylation is 1. The van der Waals surface area contributed by atoms with Crippen molar-refractivity contribution >= 4 is 22.0 Å². The fourth-order valence-electron chi connectivity index (χ4n) is 2.61. The van der Waals surface area contributed by atoms with E-state index in [1.807, 2.05) is 31.2 Å². The minimum Gasteiger partial charge on any atom is -0.495 e. The Kier molecular flexibility index (Phi) is 6.99. The van der Waals surface area contributed by atoms with Crippen LogP contribution >= 0.6 is 0 Å². The smallest absolute Gasteiger partial charge is 0.246 e. The molecule has 0 aliphatic heterocycles. The zero-order valence-electron chi connectivity index (χ0n) is 16.8. The third-order valence-corrected chi connectivity index (χ3v) is 6.25. The SMILES string of the molecule is COc1ccc(/C=C/C(=O)N(C)Cc2ccccc2C)cc1S(=O)(=O)N(C)C. The van der Waals surface area contributed by atoms with Gasteiger partial charge < -0.3 is 9.64 Å². The molecule has 0 saturated heterocycles. The maximum atomic E-state index is 12.5. The van der Waals surface area contributed by atoms with Crippen molar-refractivity contribution in [3.05, 3.63) is 65.2 Å². The van der Waals surface area contributed by atoms with Gasteiger partial charge in [-0.15, -0.1) is 0 Å². The Morgan fingerprint density at radius 2 is 1.79 bits per heavy atom. The molecule has 2 aromatic rings. The van der Waals surface area contributed by atoms with Gasteiger partial charge in [0.2, 0.25) is 15.9 Å². The standard InChI is InChI=1S/C21H26N2O4S/c1-16-8-6-7-9-18(16)15-23(4)21(24)13-11-17-10-12-19(27-5)20(14-17)28(25,26)22(2)3/h6-14H,15H2,1-5H3/b13-11+. The van der Waals surface area contributed by atoms with Gasteiger partial charge in [-0.25, -0.2) is 12.7 Å². The van der Waals surface area contributed by atoms with E-state index in [-0.39, 0.29) is 16.6 Å². The molecule has 150 valence electrons. The summed E-state index contributed by atoms with van der Waals surface area (Å²) in [4.78, 5) is 14.1. The number of methoxy groups -OCH3 is 1. The van der Waals surface area contributed by atoms with Gasteiger partial charge in [0, 0.05) is 33.8 Å². The molecular weight excluding hydrogens is 376 g/mol. The largest absolute Gasteiger partial charge is 0.495 e. The highest BCUT2D eigenvalue weighted by Gasteiger charge is 2.22. The number of hydrogen-bond acceptors (Lipinski definition) is 4. The first-order valence-electron chi connectivity index (χ1n) is 8.75. The molecule has 0 heterocycles. The summed E-state index contributed by atoms with van der Waals surface area (Å²) >= 11 is 0. The zero-order chi connectivity index (χ0) is 20.9. The molecule has 0 atom stereocenters. The zero-order valence-corrected chi connectivity index (χ0v) is 17.7. The van der Waals surface area contributed by atoms with Crippen LogP contribution in [0.3, 0.4) is 0 Å². The van der Waals surface area contributed by atoms with Crippen LogP contribution < -0.4 is 4.74 Å². The number of benzene rings is 2. The Morgan fingerprint density at radius 3 is 2.39 bits per heavy atom. The van der Waals surface area contributed by atoms with E-state index < -0.39 is 10.0 Å². The number of ether oxygens (including phenoxy) is 1. The minimum atomic E-state index is -3.66. The highest BCUT2D eigenvalue weighted by atomic mass is 32.2. The normalized spacial score (nSPS) is 11.8. The Morgan fingerprint density at radius 1 is 1.11 bits per heavy atom. The molecule has 0 fully saturated rings. The first kappa shape index (κ1) is 21.7. The highest BCUT2D eigenvalue weighted by molar-refractivity contribution is 7.89. The number of rotatable bonds is 7. The number of hydrogen-bond donors (Lipinski definition) is 0. The van der Waals surface area contributed by atoms with Crippen LogP contribution in [0.15, 0.2) is 53.4 Å². The predicted molar refractivity (Wildman–Crippen MR) is 111 cm³/mol. The molecule has 0 radical (unpaired) electrons. The lowest BCUT2D eigenvalue weighted by molar-refractivity contribution is -0.125. The van der Waals surface area contributed by atoms with Crippen LogP contribution in [0.25, 0.3) is 6.08 Å². The van der Waals surface area contributed by atoms with Crippen LogP contribution in [0.2, 0.25) is 0 Å². The van der Waals surface area contributed by atoms with Crippen LogP contribution in [0.1, 0.15) is 16.7 Å². The molecule has 0 aliphatic carbocycles. The summed E-state index contributed by atoms with van der Waals surface area (Å²) < 4.78 is 31.3. The Labute approximate surface area is 167 Å². The summed E-state index contributed by atoms with van der Waals surface area (Å²) in [6.07, 6.45) is 3.04. The van der Waals surface area contributed by atoms with Crippen LogP contribution in [0.4, 0.5) is 0 Å². The van der Waals surface area contributed by atoms with E-state index in [2.05, 4.69) is 0 Å². The Balaban J connectivity index is 2.21.